The molecule has 0 bridgehead atoms. The van der Waals surface area contributed by atoms with E-state index in [4.69, 9.17) is 5.73 Å². The van der Waals surface area contributed by atoms with Crippen molar-refractivity contribution < 1.29 is 0 Å². The summed E-state index contributed by atoms with van der Waals surface area (Å²) in [5.74, 6) is 0. The van der Waals surface area contributed by atoms with Crippen LogP contribution < -0.4 is 5.73 Å². The lowest BCUT2D eigenvalue weighted by atomic mass is 9.81. The largest absolute Gasteiger partial charge is 0.330 e. The number of nitrogens with two attached hydrogens (primary N) is 1. The molecular weight excluding hydrogens is 196 g/mol. The highest BCUT2D eigenvalue weighted by atomic mass is 15.2. The van der Waals surface area contributed by atoms with Crippen molar-refractivity contribution in [3.63, 3.8) is 0 Å². The Morgan fingerprint density at radius 2 is 1.81 bits per heavy atom. The highest BCUT2D eigenvalue weighted by Gasteiger charge is 2.34. The van der Waals surface area contributed by atoms with Gasteiger partial charge in [0.25, 0.3) is 0 Å². The van der Waals surface area contributed by atoms with Crippen molar-refractivity contribution in [2.24, 2.45) is 11.1 Å². The molecule has 0 aliphatic heterocycles. The molecule has 96 valence electrons. The second kappa shape index (κ2) is 6.61. The van der Waals surface area contributed by atoms with Crippen LogP contribution in [0.15, 0.2) is 0 Å². The number of hydrogen-bond acceptors (Lipinski definition) is 2. The molecule has 2 heteroatoms. The van der Waals surface area contributed by atoms with E-state index in [1.54, 1.807) is 0 Å². The Bertz CT molecular complexity index is 175. The Morgan fingerprint density at radius 1 is 1.19 bits per heavy atom. The molecule has 1 fully saturated rings. The van der Waals surface area contributed by atoms with Crippen LogP contribution in [0.25, 0.3) is 0 Å². The van der Waals surface area contributed by atoms with Crippen LogP contribution in [0.5, 0.6) is 0 Å². The molecular formula is C14H30N2. The molecule has 0 aromatic rings. The van der Waals surface area contributed by atoms with Crippen molar-refractivity contribution in [2.45, 2.75) is 65.3 Å². The average Bonchev–Trinajstić information content (AvgIpc) is 3.15. The molecule has 1 aliphatic rings. The molecule has 2 nitrogen and oxygen atoms in total. The summed E-state index contributed by atoms with van der Waals surface area (Å²) in [6.45, 7) is 10.2. The summed E-state index contributed by atoms with van der Waals surface area (Å²) in [6, 6.07) is 0.885. The van der Waals surface area contributed by atoms with E-state index >= 15 is 0 Å². The van der Waals surface area contributed by atoms with Gasteiger partial charge >= 0.3 is 0 Å². The minimum atomic E-state index is 0.371. The highest BCUT2D eigenvalue weighted by molar-refractivity contribution is 4.90. The predicted molar refractivity (Wildman–Crippen MR) is 71.6 cm³/mol. The maximum Gasteiger partial charge on any atom is 0.00966 e. The SMILES string of the molecule is CCCCN(CC(CC)(CC)CN)C1CC1. The fraction of sp³-hybridized carbons (Fsp3) is 1.00. The second-order valence-electron chi connectivity index (χ2n) is 5.47. The fourth-order valence-corrected chi connectivity index (χ4v) is 2.45. The molecule has 0 atom stereocenters. The molecule has 0 unspecified atom stereocenters. The van der Waals surface area contributed by atoms with E-state index in [1.807, 2.05) is 0 Å². The van der Waals surface area contributed by atoms with Crippen LogP contribution in [0.2, 0.25) is 0 Å². The van der Waals surface area contributed by atoms with Gasteiger partial charge in [0.15, 0.2) is 0 Å². The molecule has 0 amide bonds. The van der Waals surface area contributed by atoms with E-state index in [9.17, 15) is 0 Å². The Hall–Kier alpha value is -0.0800. The maximum absolute atomic E-state index is 6.00. The number of unbranched alkanes of at least 4 members (excludes halogenated alkanes) is 1. The zero-order valence-corrected chi connectivity index (χ0v) is 11.5. The van der Waals surface area contributed by atoms with Crippen LogP contribution in [0.3, 0.4) is 0 Å². The van der Waals surface area contributed by atoms with E-state index < -0.39 is 0 Å². The zero-order chi connectivity index (χ0) is 12.0. The number of hydrogen-bond donors (Lipinski definition) is 1. The summed E-state index contributed by atoms with van der Waals surface area (Å²) in [7, 11) is 0. The lowest BCUT2D eigenvalue weighted by Crippen LogP contribution is -2.43. The minimum Gasteiger partial charge on any atom is -0.330 e. The Balaban J connectivity index is 2.50. The Morgan fingerprint density at radius 3 is 2.19 bits per heavy atom. The highest BCUT2D eigenvalue weighted by Crippen LogP contribution is 2.33. The molecule has 0 spiro atoms. The second-order valence-corrected chi connectivity index (χ2v) is 5.47. The first-order valence-corrected chi connectivity index (χ1v) is 7.15. The van der Waals surface area contributed by atoms with Crippen molar-refractivity contribution in [2.75, 3.05) is 19.6 Å². The first-order valence-electron chi connectivity index (χ1n) is 7.15. The predicted octanol–water partition coefficient (Wildman–Crippen LogP) is 3.02. The van der Waals surface area contributed by atoms with Crippen LogP contribution in [-0.4, -0.2) is 30.6 Å². The zero-order valence-electron chi connectivity index (χ0n) is 11.5. The Labute approximate surface area is 102 Å². The van der Waals surface area contributed by atoms with Gasteiger partial charge in [-0.05, 0) is 50.6 Å². The van der Waals surface area contributed by atoms with Crippen LogP contribution in [-0.2, 0) is 0 Å². The molecule has 1 rings (SSSR count). The molecule has 0 aromatic heterocycles. The molecule has 2 N–H and O–H groups in total. The number of nitrogens with zero attached hydrogens (tertiary/aromatic N) is 1. The summed E-state index contributed by atoms with van der Waals surface area (Å²) < 4.78 is 0. The van der Waals surface area contributed by atoms with Crippen molar-refractivity contribution in [3.05, 3.63) is 0 Å². The average molecular weight is 226 g/mol. The summed E-state index contributed by atoms with van der Waals surface area (Å²) in [6.07, 6.45) is 7.90. The van der Waals surface area contributed by atoms with Crippen molar-refractivity contribution >= 4 is 0 Å². The van der Waals surface area contributed by atoms with Gasteiger partial charge in [-0.25, -0.2) is 0 Å². The van der Waals surface area contributed by atoms with Crippen LogP contribution in [0, 0.1) is 5.41 Å². The van der Waals surface area contributed by atoms with Crippen LogP contribution in [0.4, 0.5) is 0 Å². The van der Waals surface area contributed by atoms with Gasteiger partial charge in [-0.1, -0.05) is 27.2 Å². The van der Waals surface area contributed by atoms with E-state index in [0.29, 0.717) is 5.41 Å². The lowest BCUT2D eigenvalue weighted by molar-refractivity contribution is 0.135. The summed E-state index contributed by atoms with van der Waals surface area (Å²) in [5, 5.41) is 0. The normalized spacial score (nSPS) is 17.1. The molecule has 0 heterocycles. The van der Waals surface area contributed by atoms with Gasteiger partial charge in [-0.3, -0.25) is 4.90 Å². The standard InChI is InChI=1S/C14H30N2/c1-4-7-10-16(13-8-9-13)12-14(5-2,6-3)11-15/h13H,4-12,15H2,1-3H3. The molecule has 16 heavy (non-hydrogen) atoms. The smallest absolute Gasteiger partial charge is 0.00966 e. The van der Waals surface area contributed by atoms with Gasteiger partial charge in [0.2, 0.25) is 0 Å². The first kappa shape index (κ1) is 14.0. The first-order chi connectivity index (χ1) is 7.71. The molecule has 0 saturated heterocycles. The van der Waals surface area contributed by atoms with E-state index in [0.717, 1.165) is 12.6 Å². The number of rotatable bonds is 9. The maximum atomic E-state index is 6.00. The van der Waals surface area contributed by atoms with Gasteiger partial charge < -0.3 is 5.73 Å². The molecule has 1 saturated carbocycles. The monoisotopic (exact) mass is 226 g/mol. The van der Waals surface area contributed by atoms with Crippen molar-refractivity contribution in [1.82, 2.24) is 4.90 Å². The van der Waals surface area contributed by atoms with Gasteiger partial charge in [-0.2, -0.15) is 0 Å². The minimum absolute atomic E-state index is 0.371. The third-order valence-corrected chi connectivity index (χ3v) is 4.33. The van der Waals surface area contributed by atoms with Crippen molar-refractivity contribution in [3.8, 4) is 0 Å². The third kappa shape index (κ3) is 3.74. The fourth-order valence-electron chi connectivity index (χ4n) is 2.45. The van der Waals surface area contributed by atoms with E-state index in [-0.39, 0.29) is 0 Å². The summed E-state index contributed by atoms with van der Waals surface area (Å²) in [5.41, 5.74) is 6.37. The van der Waals surface area contributed by atoms with E-state index in [1.165, 1.54) is 51.6 Å². The van der Waals surface area contributed by atoms with Gasteiger partial charge in [0, 0.05) is 12.6 Å². The van der Waals surface area contributed by atoms with Gasteiger partial charge in [0.1, 0.15) is 0 Å². The quantitative estimate of drug-likeness (QED) is 0.655. The van der Waals surface area contributed by atoms with Gasteiger partial charge in [-0.15, -0.1) is 0 Å². The third-order valence-electron chi connectivity index (χ3n) is 4.33. The summed E-state index contributed by atoms with van der Waals surface area (Å²) in [4.78, 5) is 2.71. The van der Waals surface area contributed by atoms with Crippen LogP contribution >= 0.6 is 0 Å². The van der Waals surface area contributed by atoms with Crippen molar-refractivity contribution in [1.29, 1.82) is 0 Å². The van der Waals surface area contributed by atoms with Crippen LogP contribution in [0.1, 0.15) is 59.3 Å². The molecule has 0 aromatic carbocycles. The molecule has 1 aliphatic carbocycles. The summed E-state index contributed by atoms with van der Waals surface area (Å²) >= 11 is 0. The van der Waals surface area contributed by atoms with Gasteiger partial charge in [0.05, 0.1) is 0 Å². The Kier molecular flexibility index (Phi) is 5.77. The lowest BCUT2D eigenvalue weighted by Gasteiger charge is -2.36. The van der Waals surface area contributed by atoms with E-state index in [2.05, 4.69) is 25.7 Å². The topological polar surface area (TPSA) is 29.3 Å². The molecule has 0 radical (unpaired) electrons.